The van der Waals surface area contributed by atoms with Crippen molar-refractivity contribution in [2.24, 2.45) is 5.92 Å². The Labute approximate surface area is 109 Å². The third-order valence-corrected chi connectivity index (χ3v) is 3.23. The summed E-state index contributed by atoms with van der Waals surface area (Å²) in [5.41, 5.74) is -0.0237. The summed E-state index contributed by atoms with van der Waals surface area (Å²) in [6.45, 7) is 3.25. The molecule has 1 saturated heterocycles. The first-order valence-corrected chi connectivity index (χ1v) is 6.21. The average molecular weight is 268 g/mol. The largest absolute Gasteiger partial charge is 0.475 e. The molecule has 2 unspecified atom stereocenters. The average Bonchev–Trinajstić information content (AvgIpc) is 3.04. The highest BCUT2D eigenvalue weighted by molar-refractivity contribution is 5.94. The number of hydrogen-bond acceptors (Lipinski definition) is 5. The van der Waals surface area contributed by atoms with E-state index in [1.807, 2.05) is 6.92 Å². The maximum absolute atomic E-state index is 11.8. The summed E-state index contributed by atoms with van der Waals surface area (Å²) >= 11 is 0. The second-order valence-corrected chi connectivity index (χ2v) is 4.46. The second kappa shape index (κ2) is 5.83. The molecule has 2 N–H and O–H groups in total. The van der Waals surface area contributed by atoms with E-state index in [1.54, 1.807) is 0 Å². The molecule has 1 aliphatic rings. The molecule has 0 aliphatic carbocycles. The third kappa shape index (κ3) is 3.11. The number of aromatic nitrogens is 1. The van der Waals surface area contributed by atoms with Crippen LogP contribution in [-0.4, -0.2) is 41.4 Å². The highest BCUT2D eigenvalue weighted by Gasteiger charge is 2.27. The van der Waals surface area contributed by atoms with Crippen molar-refractivity contribution in [2.75, 3.05) is 13.2 Å². The monoisotopic (exact) mass is 268 g/mol. The van der Waals surface area contributed by atoms with E-state index < -0.39 is 11.9 Å². The number of hydrogen-bond donors (Lipinski definition) is 2. The summed E-state index contributed by atoms with van der Waals surface area (Å²) in [6.07, 6.45) is 2.00. The molecule has 104 valence electrons. The molecule has 7 nitrogen and oxygen atoms in total. The van der Waals surface area contributed by atoms with Gasteiger partial charge in [0.25, 0.3) is 5.91 Å². The number of aromatic carboxylic acids is 1. The van der Waals surface area contributed by atoms with Gasteiger partial charge >= 0.3 is 5.97 Å². The van der Waals surface area contributed by atoms with Gasteiger partial charge in [-0.05, 0) is 12.8 Å². The molecular formula is C12H16N2O5. The molecule has 19 heavy (non-hydrogen) atoms. The second-order valence-electron chi connectivity index (χ2n) is 4.46. The standard InChI is InChI=1S/C12H16N2O5/c1-2-9-7(3-4-18-9)6-13-11(15)8-5-10(12(16)17)19-14-8/h5,7,9H,2-4,6H2,1H3,(H,13,15)(H,16,17). The molecule has 0 spiro atoms. The summed E-state index contributed by atoms with van der Waals surface area (Å²) in [5, 5.41) is 14.8. The zero-order chi connectivity index (χ0) is 13.8. The minimum absolute atomic E-state index is 0.0237. The minimum atomic E-state index is -1.25. The Morgan fingerprint density at radius 3 is 3.00 bits per heavy atom. The first-order valence-electron chi connectivity index (χ1n) is 6.21. The van der Waals surface area contributed by atoms with Crippen LogP contribution in [0.25, 0.3) is 0 Å². The van der Waals surface area contributed by atoms with Crippen molar-refractivity contribution in [3.05, 3.63) is 17.5 Å². The van der Waals surface area contributed by atoms with Crippen LogP contribution in [0.5, 0.6) is 0 Å². The number of amides is 1. The van der Waals surface area contributed by atoms with Crippen molar-refractivity contribution < 1.29 is 24.0 Å². The van der Waals surface area contributed by atoms with Gasteiger partial charge in [0.2, 0.25) is 5.76 Å². The maximum atomic E-state index is 11.8. The number of nitrogens with zero attached hydrogens (tertiary/aromatic N) is 1. The number of ether oxygens (including phenoxy) is 1. The minimum Gasteiger partial charge on any atom is -0.475 e. The lowest BCUT2D eigenvalue weighted by Gasteiger charge is -2.16. The van der Waals surface area contributed by atoms with Crippen LogP contribution in [0.15, 0.2) is 10.6 Å². The normalized spacial score (nSPS) is 22.4. The van der Waals surface area contributed by atoms with Gasteiger partial charge in [0.1, 0.15) is 0 Å². The Balaban J connectivity index is 1.88. The maximum Gasteiger partial charge on any atom is 0.374 e. The van der Waals surface area contributed by atoms with Crippen LogP contribution in [0, 0.1) is 5.92 Å². The van der Waals surface area contributed by atoms with Crippen LogP contribution in [0.4, 0.5) is 0 Å². The van der Waals surface area contributed by atoms with Gasteiger partial charge in [0.15, 0.2) is 5.69 Å². The Morgan fingerprint density at radius 2 is 2.37 bits per heavy atom. The van der Waals surface area contributed by atoms with Gasteiger partial charge in [-0.15, -0.1) is 0 Å². The van der Waals surface area contributed by atoms with Crippen LogP contribution in [0.1, 0.15) is 40.8 Å². The Morgan fingerprint density at radius 1 is 1.58 bits per heavy atom. The van der Waals surface area contributed by atoms with E-state index in [1.165, 1.54) is 0 Å². The molecule has 1 aromatic rings. The van der Waals surface area contributed by atoms with Crippen LogP contribution >= 0.6 is 0 Å². The van der Waals surface area contributed by atoms with Gasteiger partial charge in [-0.3, -0.25) is 4.79 Å². The topological polar surface area (TPSA) is 102 Å². The first-order chi connectivity index (χ1) is 9.11. The van der Waals surface area contributed by atoms with E-state index in [0.29, 0.717) is 19.1 Å². The molecule has 2 atom stereocenters. The summed E-state index contributed by atoms with van der Waals surface area (Å²) in [6, 6.07) is 1.11. The zero-order valence-corrected chi connectivity index (χ0v) is 10.6. The number of nitrogens with one attached hydrogen (secondary N) is 1. The van der Waals surface area contributed by atoms with Gasteiger partial charge < -0.3 is 19.7 Å². The number of carboxylic acids is 1. The van der Waals surface area contributed by atoms with Crippen LogP contribution in [0.2, 0.25) is 0 Å². The van der Waals surface area contributed by atoms with E-state index in [4.69, 9.17) is 9.84 Å². The zero-order valence-electron chi connectivity index (χ0n) is 10.6. The Kier molecular flexibility index (Phi) is 4.16. The van der Waals surface area contributed by atoms with Gasteiger partial charge in [-0.2, -0.15) is 0 Å². The molecule has 0 radical (unpaired) electrons. The SMILES string of the molecule is CCC1OCCC1CNC(=O)c1cc(C(=O)O)on1. The number of carbonyl (C=O) groups excluding carboxylic acids is 1. The number of carbonyl (C=O) groups is 2. The molecule has 1 aromatic heterocycles. The third-order valence-electron chi connectivity index (χ3n) is 3.23. The van der Waals surface area contributed by atoms with Crippen molar-refractivity contribution >= 4 is 11.9 Å². The molecule has 1 fully saturated rings. The van der Waals surface area contributed by atoms with E-state index in [2.05, 4.69) is 15.0 Å². The van der Waals surface area contributed by atoms with Crippen molar-refractivity contribution in [2.45, 2.75) is 25.9 Å². The molecule has 7 heteroatoms. The molecule has 2 rings (SSSR count). The molecule has 2 heterocycles. The molecule has 1 amide bonds. The van der Waals surface area contributed by atoms with Crippen molar-refractivity contribution in [1.82, 2.24) is 10.5 Å². The van der Waals surface area contributed by atoms with Crippen molar-refractivity contribution in [3.63, 3.8) is 0 Å². The summed E-state index contributed by atoms with van der Waals surface area (Å²) in [7, 11) is 0. The summed E-state index contributed by atoms with van der Waals surface area (Å²) in [5.74, 6) is -1.74. The van der Waals surface area contributed by atoms with Crippen LogP contribution < -0.4 is 5.32 Å². The lowest BCUT2D eigenvalue weighted by Crippen LogP contribution is -2.32. The van der Waals surface area contributed by atoms with E-state index in [-0.39, 0.29) is 17.6 Å². The highest BCUT2D eigenvalue weighted by atomic mass is 16.5. The van der Waals surface area contributed by atoms with E-state index in [9.17, 15) is 9.59 Å². The predicted octanol–water partition coefficient (Wildman–Crippen LogP) is 0.918. The van der Waals surface area contributed by atoms with Crippen LogP contribution in [0.3, 0.4) is 0 Å². The summed E-state index contributed by atoms with van der Waals surface area (Å²) in [4.78, 5) is 22.4. The molecule has 0 bridgehead atoms. The fourth-order valence-electron chi connectivity index (χ4n) is 2.17. The first kappa shape index (κ1) is 13.5. The lowest BCUT2D eigenvalue weighted by atomic mass is 10.00. The van der Waals surface area contributed by atoms with E-state index >= 15 is 0 Å². The highest BCUT2D eigenvalue weighted by Crippen LogP contribution is 2.22. The Bertz CT molecular complexity index is 470. The fraction of sp³-hybridized carbons (Fsp3) is 0.583. The van der Waals surface area contributed by atoms with Gasteiger partial charge in [-0.25, -0.2) is 4.79 Å². The number of rotatable bonds is 5. The molecular weight excluding hydrogens is 252 g/mol. The number of carboxylic acid groups (broad SMARTS) is 1. The van der Waals surface area contributed by atoms with Crippen molar-refractivity contribution in [1.29, 1.82) is 0 Å². The predicted molar refractivity (Wildman–Crippen MR) is 63.9 cm³/mol. The quantitative estimate of drug-likeness (QED) is 0.823. The van der Waals surface area contributed by atoms with Gasteiger partial charge in [0.05, 0.1) is 6.10 Å². The molecule has 0 aromatic carbocycles. The summed E-state index contributed by atoms with van der Waals surface area (Å²) < 4.78 is 10.1. The van der Waals surface area contributed by atoms with E-state index in [0.717, 1.165) is 18.9 Å². The van der Waals surface area contributed by atoms with Gasteiger partial charge in [0, 0.05) is 25.1 Å². The fourth-order valence-corrected chi connectivity index (χ4v) is 2.17. The molecule has 0 saturated carbocycles. The van der Waals surface area contributed by atoms with Crippen LogP contribution in [-0.2, 0) is 4.74 Å². The van der Waals surface area contributed by atoms with Crippen molar-refractivity contribution in [3.8, 4) is 0 Å². The lowest BCUT2D eigenvalue weighted by molar-refractivity contribution is 0.0650. The molecule has 1 aliphatic heterocycles. The van der Waals surface area contributed by atoms with Gasteiger partial charge in [-0.1, -0.05) is 12.1 Å². The smallest absolute Gasteiger partial charge is 0.374 e. The Hall–Kier alpha value is -1.89.